The van der Waals surface area contributed by atoms with Crippen molar-refractivity contribution in [2.45, 2.75) is 18.7 Å². The van der Waals surface area contributed by atoms with Crippen LogP contribution in [-0.2, 0) is 9.05 Å². The van der Waals surface area contributed by atoms with E-state index in [9.17, 15) is 18.5 Å². The molecule has 7 heteroatoms. The van der Waals surface area contributed by atoms with E-state index in [1.165, 1.54) is 13.0 Å². The topological polar surface area (TPSA) is 77.3 Å². The average Bonchev–Trinajstić information content (AvgIpc) is 2.25. The van der Waals surface area contributed by atoms with Crippen molar-refractivity contribution in [3.63, 3.8) is 0 Å². The molecule has 0 amide bonds. The lowest BCUT2D eigenvalue weighted by molar-refractivity contribution is -0.385. The van der Waals surface area contributed by atoms with Crippen LogP contribution in [0, 0.1) is 28.9 Å². The Morgan fingerprint density at radius 3 is 2.47 bits per heavy atom. The van der Waals surface area contributed by atoms with Gasteiger partial charge in [-0.15, -0.1) is 0 Å². The molecule has 0 radical (unpaired) electrons. The van der Waals surface area contributed by atoms with Crippen LogP contribution in [-0.4, -0.2) is 13.3 Å². The molecule has 0 aliphatic carbocycles. The van der Waals surface area contributed by atoms with Crippen molar-refractivity contribution in [3.8, 4) is 11.8 Å². The molecular weight excluding hydrogens is 290 g/mol. The Morgan fingerprint density at radius 2 is 2.05 bits per heavy atom. The van der Waals surface area contributed by atoms with Crippen molar-refractivity contribution in [2.75, 3.05) is 0 Å². The van der Waals surface area contributed by atoms with Gasteiger partial charge in [0.1, 0.15) is 0 Å². The first-order valence-electron chi connectivity index (χ1n) is 5.04. The zero-order chi connectivity index (χ0) is 14.8. The van der Waals surface area contributed by atoms with Crippen molar-refractivity contribution in [1.82, 2.24) is 0 Å². The molecule has 0 saturated heterocycles. The zero-order valence-corrected chi connectivity index (χ0v) is 11.8. The predicted octanol–water partition coefficient (Wildman–Crippen LogP) is 2.76. The van der Waals surface area contributed by atoms with E-state index in [0.717, 1.165) is 6.07 Å². The summed E-state index contributed by atoms with van der Waals surface area (Å²) in [7, 11) is 1.15. The number of hydrogen-bond donors (Lipinski definition) is 0. The fourth-order valence-electron chi connectivity index (χ4n) is 1.31. The molecule has 0 aliphatic heterocycles. The Labute approximate surface area is 115 Å². The van der Waals surface area contributed by atoms with E-state index in [-0.39, 0.29) is 21.7 Å². The van der Waals surface area contributed by atoms with Crippen LogP contribution in [0.25, 0.3) is 0 Å². The molecule has 0 saturated carbocycles. The van der Waals surface area contributed by atoms with Crippen molar-refractivity contribution in [2.24, 2.45) is 0 Å². The fraction of sp³-hybridized carbons (Fsp3) is 0.167. The van der Waals surface area contributed by atoms with E-state index in [1.54, 1.807) is 6.92 Å². The highest BCUT2D eigenvalue weighted by atomic mass is 35.7. The molecule has 0 spiro atoms. The average molecular weight is 300 g/mol. The molecule has 0 aliphatic rings. The lowest BCUT2D eigenvalue weighted by Gasteiger charge is -2.03. The smallest absolute Gasteiger partial charge is 0.258 e. The molecule has 0 bridgehead atoms. The van der Waals surface area contributed by atoms with E-state index in [4.69, 9.17) is 10.7 Å². The minimum atomic E-state index is -4.06. The second kappa shape index (κ2) is 5.43. The lowest BCUT2D eigenvalue weighted by Crippen LogP contribution is -1.99. The summed E-state index contributed by atoms with van der Waals surface area (Å²) in [6.45, 7) is 6.73. The molecule has 100 valence electrons. The van der Waals surface area contributed by atoms with Gasteiger partial charge >= 0.3 is 0 Å². The maximum Gasteiger partial charge on any atom is 0.274 e. The molecular formula is C12H10ClNO4S. The van der Waals surface area contributed by atoms with Crippen LogP contribution in [0.1, 0.15) is 18.1 Å². The van der Waals surface area contributed by atoms with Crippen LogP contribution < -0.4 is 0 Å². The Morgan fingerprint density at radius 1 is 1.47 bits per heavy atom. The zero-order valence-electron chi connectivity index (χ0n) is 10.2. The van der Waals surface area contributed by atoms with E-state index in [1.807, 2.05) is 0 Å². The molecule has 1 rings (SSSR count). The molecule has 1 aromatic rings. The first kappa shape index (κ1) is 15.2. The van der Waals surface area contributed by atoms with Gasteiger partial charge in [-0.3, -0.25) is 10.1 Å². The van der Waals surface area contributed by atoms with Crippen molar-refractivity contribution >= 4 is 25.4 Å². The van der Waals surface area contributed by atoms with Crippen molar-refractivity contribution in [1.29, 1.82) is 0 Å². The monoisotopic (exact) mass is 299 g/mol. The predicted molar refractivity (Wildman–Crippen MR) is 72.6 cm³/mol. The largest absolute Gasteiger partial charge is 0.274 e. The first-order valence-corrected chi connectivity index (χ1v) is 7.35. The molecule has 19 heavy (non-hydrogen) atoms. The van der Waals surface area contributed by atoms with Crippen LogP contribution >= 0.6 is 10.7 Å². The van der Waals surface area contributed by atoms with E-state index >= 15 is 0 Å². The van der Waals surface area contributed by atoms with Crippen LogP contribution in [0.15, 0.2) is 29.2 Å². The summed E-state index contributed by atoms with van der Waals surface area (Å²) in [5, 5.41) is 10.9. The fourth-order valence-corrected chi connectivity index (χ4v) is 2.09. The SMILES string of the molecule is C=C(C)C#Cc1cc(S(=O)(=O)Cl)cc([N+](=O)[O-])c1C. The Hall–Kier alpha value is -1.84. The Balaban J connectivity index is 3.65. The number of nitro benzene ring substituents is 1. The summed E-state index contributed by atoms with van der Waals surface area (Å²) in [5.41, 5.74) is 0.730. The minimum Gasteiger partial charge on any atom is -0.258 e. The normalized spacial score (nSPS) is 10.5. The minimum absolute atomic E-state index is 0.233. The van der Waals surface area contributed by atoms with Gasteiger partial charge in [0.25, 0.3) is 14.7 Å². The van der Waals surface area contributed by atoms with Crippen molar-refractivity contribution in [3.05, 3.63) is 45.5 Å². The number of hydrogen-bond acceptors (Lipinski definition) is 4. The quantitative estimate of drug-likeness (QED) is 0.364. The molecule has 0 unspecified atom stereocenters. The molecule has 0 aromatic heterocycles. The third kappa shape index (κ3) is 3.81. The molecule has 0 N–H and O–H groups in total. The summed E-state index contributed by atoms with van der Waals surface area (Å²) in [5.74, 6) is 5.29. The molecule has 5 nitrogen and oxygen atoms in total. The lowest BCUT2D eigenvalue weighted by atomic mass is 10.1. The Kier molecular flexibility index (Phi) is 4.35. The van der Waals surface area contributed by atoms with Gasteiger partial charge in [-0.1, -0.05) is 18.4 Å². The van der Waals surface area contributed by atoms with Gasteiger partial charge < -0.3 is 0 Å². The summed E-state index contributed by atoms with van der Waals surface area (Å²) < 4.78 is 22.6. The highest BCUT2D eigenvalue weighted by Crippen LogP contribution is 2.27. The second-order valence-electron chi connectivity index (χ2n) is 3.84. The van der Waals surface area contributed by atoms with Gasteiger partial charge in [0.05, 0.1) is 9.82 Å². The maximum atomic E-state index is 11.3. The van der Waals surface area contributed by atoms with Gasteiger partial charge in [-0.2, -0.15) is 0 Å². The molecule has 0 atom stereocenters. The van der Waals surface area contributed by atoms with Gasteiger partial charge in [0.15, 0.2) is 0 Å². The van der Waals surface area contributed by atoms with Crippen LogP contribution in [0.5, 0.6) is 0 Å². The number of allylic oxidation sites excluding steroid dienone is 1. The maximum absolute atomic E-state index is 11.3. The van der Waals surface area contributed by atoms with E-state index in [2.05, 4.69) is 18.4 Å². The summed E-state index contributed by atoms with van der Waals surface area (Å²) in [6, 6.07) is 2.13. The molecule has 0 heterocycles. The Bertz CT molecular complexity index is 726. The summed E-state index contributed by atoms with van der Waals surface area (Å²) >= 11 is 0. The number of nitrogens with zero attached hydrogens (tertiary/aromatic N) is 1. The standard InChI is InChI=1S/C12H10ClNO4S/c1-8(2)4-5-10-6-11(19(13,17)18)7-12(9(10)3)14(15)16/h6-7H,1H2,2-3H3. The van der Waals surface area contributed by atoms with Crippen LogP contribution in [0.4, 0.5) is 5.69 Å². The van der Waals surface area contributed by atoms with Gasteiger partial charge in [0, 0.05) is 27.9 Å². The van der Waals surface area contributed by atoms with Crippen molar-refractivity contribution < 1.29 is 13.3 Å². The first-order chi connectivity index (χ1) is 8.62. The molecule has 0 fully saturated rings. The van der Waals surface area contributed by atoms with Gasteiger partial charge in [-0.05, 0) is 25.5 Å². The third-order valence-corrected chi connectivity index (χ3v) is 3.58. The summed E-state index contributed by atoms with van der Waals surface area (Å²) in [6.07, 6.45) is 0. The van der Waals surface area contributed by atoms with Crippen LogP contribution in [0.2, 0.25) is 0 Å². The van der Waals surface area contributed by atoms with Crippen LogP contribution in [0.3, 0.4) is 0 Å². The van der Waals surface area contributed by atoms with Gasteiger partial charge in [0.2, 0.25) is 0 Å². The van der Waals surface area contributed by atoms with Gasteiger partial charge in [-0.25, -0.2) is 8.42 Å². The number of benzene rings is 1. The summed E-state index contributed by atoms with van der Waals surface area (Å²) in [4.78, 5) is 9.87. The number of nitro groups is 1. The van der Waals surface area contributed by atoms with E-state index in [0.29, 0.717) is 5.57 Å². The van der Waals surface area contributed by atoms with E-state index < -0.39 is 14.0 Å². The second-order valence-corrected chi connectivity index (χ2v) is 6.41. The molecule has 1 aromatic carbocycles. The highest BCUT2D eigenvalue weighted by molar-refractivity contribution is 8.13. The number of rotatable bonds is 2. The highest BCUT2D eigenvalue weighted by Gasteiger charge is 2.20. The third-order valence-electron chi connectivity index (χ3n) is 2.24. The number of halogens is 1.